The summed E-state index contributed by atoms with van der Waals surface area (Å²) in [5.74, 6) is 0. The number of nitriles is 1. The van der Waals surface area contributed by atoms with Crippen molar-refractivity contribution in [2.45, 2.75) is 64.2 Å². The Kier molecular flexibility index (Phi) is 14.0. The molecule has 0 aliphatic heterocycles. The SMILES string of the molecule is N#Cc1ccc(-c2ccc(-c3cc(-c4ccccn4)[c-]cc3-c3ccccc3-c3cc(CCc4c[c-]c(-c5cc6c(cn5)CCC6)cc4)cc(CCc4c[c-]c(-c5cc6c(cn5)CCC6)cc4)c3)cc2)cc1.[Ir+3]. The molecule has 0 atom stereocenters. The van der Waals surface area contributed by atoms with Crippen LogP contribution in [-0.4, -0.2) is 15.0 Å². The second-order valence-electron chi connectivity index (χ2n) is 19.3. The van der Waals surface area contributed by atoms with Gasteiger partial charge < -0.3 is 15.0 Å². The summed E-state index contributed by atoms with van der Waals surface area (Å²) >= 11 is 0. The molecule has 0 spiro atoms. The van der Waals surface area contributed by atoms with Crippen LogP contribution >= 0.6 is 0 Å². The summed E-state index contributed by atoms with van der Waals surface area (Å²) in [5, 5.41) is 9.39. The third-order valence-corrected chi connectivity index (χ3v) is 14.7. The molecule has 5 heteroatoms. The largest absolute Gasteiger partial charge is 3.00 e. The average Bonchev–Trinajstić information content (AvgIpc) is 4.14. The van der Waals surface area contributed by atoms with Gasteiger partial charge in [-0.3, -0.25) is 0 Å². The maximum Gasteiger partial charge on any atom is 3.00 e. The normalized spacial score (nSPS) is 12.4. The summed E-state index contributed by atoms with van der Waals surface area (Å²) in [4.78, 5) is 14.3. The van der Waals surface area contributed by atoms with E-state index in [9.17, 15) is 5.26 Å². The molecular formula is C68H51IrN4. The minimum Gasteiger partial charge on any atom is -0.305 e. The zero-order valence-corrected chi connectivity index (χ0v) is 43.0. The number of pyridine rings is 3. The fourth-order valence-electron chi connectivity index (χ4n) is 10.7. The molecule has 0 unspecified atom stereocenters. The molecule has 4 nitrogen and oxygen atoms in total. The van der Waals surface area contributed by atoms with Gasteiger partial charge in [0.05, 0.1) is 11.6 Å². The number of aryl methyl sites for hydroxylation is 8. The summed E-state index contributed by atoms with van der Waals surface area (Å²) in [7, 11) is 0. The first-order chi connectivity index (χ1) is 35.6. The van der Waals surface area contributed by atoms with Crippen molar-refractivity contribution in [1.82, 2.24) is 15.0 Å². The predicted octanol–water partition coefficient (Wildman–Crippen LogP) is 15.4. The van der Waals surface area contributed by atoms with Gasteiger partial charge in [0, 0.05) is 18.6 Å². The minimum absolute atomic E-state index is 0. The fraction of sp³-hybridized carbons (Fsp3) is 0.147. The molecule has 352 valence electrons. The monoisotopic (exact) mass is 1120 g/mol. The second-order valence-corrected chi connectivity index (χ2v) is 19.3. The van der Waals surface area contributed by atoms with Gasteiger partial charge in [-0.05, 0) is 137 Å². The Morgan fingerprint density at radius 3 is 1.49 bits per heavy atom. The molecule has 0 amide bonds. The molecule has 2 aliphatic carbocycles. The number of nitrogens with zero attached hydrogens (tertiary/aromatic N) is 4. The standard InChI is InChI=1S/C68H51N4.Ir/c69-43-48-22-24-51(25-23-48)52-30-32-53(33-31-52)65-40-58(66-13-3-4-36-70-66)34-35-64(65)63-12-2-1-11-62(63)61-38-49(16-14-46-18-26-54(27-19-46)67-41-56-7-5-9-59(56)44-71-67)37-50(39-61)17-15-47-20-28-55(29-21-47)68-42-57-8-6-10-60(57)45-72-68;/h1-4,11-13,18-26,28,30-33,35-42,44-45H,5-10,14-17H2;/q-3;+3. The number of hydrogen-bond acceptors (Lipinski definition) is 4. The van der Waals surface area contributed by atoms with Gasteiger partial charge in [0.25, 0.3) is 0 Å². The van der Waals surface area contributed by atoms with E-state index >= 15 is 0 Å². The van der Waals surface area contributed by atoms with Gasteiger partial charge in [0.1, 0.15) is 0 Å². The molecule has 0 bridgehead atoms. The van der Waals surface area contributed by atoms with E-state index in [1.54, 1.807) is 0 Å². The molecule has 73 heavy (non-hydrogen) atoms. The van der Waals surface area contributed by atoms with Gasteiger partial charge in [-0.25, -0.2) is 0 Å². The van der Waals surface area contributed by atoms with E-state index in [2.05, 4.69) is 164 Å². The third-order valence-electron chi connectivity index (χ3n) is 14.7. The zero-order chi connectivity index (χ0) is 48.2. The van der Waals surface area contributed by atoms with E-state index in [1.807, 2.05) is 48.7 Å². The predicted molar refractivity (Wildman–Crippen MR) is 291 cm³/mol. The molecule has 0 saturated heterocycles. The van der Waals surface area contributed by atoms with E-state index in [0.29, 0.717) is 5.56 Å². The molecule has 7 aromatic carbocycles. The Bertz CT molecular complexity index is 3490. The van der Waals surface area contributed by atoms with E-state index in [-0.39, 0.29) is 20.1 Å². The van der Waals surface area contributed by atoms with Gasteiger partial charge >= 0.3 is 20.1 Å². The Labute approximate surface area is 442 Å². The number of fused-ring (bicyclic) bond motifs is 2. The van der Waals surface area contributed by atoms with Gasteiger partial charge in [-0.15, -0.1) is 94.5 Å². The van der Waals surface area contributed by atoms with E-state index in [1.165, 1.54) is 68.5 Å². The molecular weight excluding hydrogens is 1060 g/mol. The average molecular weight is 1120 g/mol. The summed E-state index contributed by atoms with van der Waals surface area (Å²) in [6, 6.07) is 73.7. The van der Waals surface area contributed by atoms with Crippen LogP contribution < -0.4 is 0 Å². The molecule has 0 radical (unpaired) electrons. The van der Waals surface area contributed by atoms with Gasteiger partial charge in [0.15, 0.2) is 0 Å². The van der Waals surface area contributed by atoms with Gasteiger partial charge in [0.2, 0.25) is 0 Å². The summed E-state index contributed by atoms with van der Waals surface area (Å²) < 4.78 is 0. The molecule has 0 fully saturated rings. The Balaban J connectivity index is 0.00000574. The van der Waals surface area contributed by atoms with Crippen LogP contribution in [0.3, 0.4) is 0 Å². The van der Waals surface area contributed by atoms with Crippen LogP contribution in [0.15, 0.2) is 188 Å². The molecule has 3 aromatic heterocycles. The van der Waals surface area contributed by atoms with Crippen LogP contribution in [0, 0.1) is 29.5 Å². The van der Waals surface area contributed by atoms with Crippen LogP contribution in [-0.2, 0) is 71.5 Å². The van der Waals surface area contributed by atoms with E-state index < -0.39 is 0 Å². The topological polar surface area (TPSA) is 62.5 Å². The number of rotatable bonds is 13. The van der Waals surface area contributed by atoms with Crippen LogP contribution in [0.25, 0.3) is 78.3 Å². The fourth-order valence-corrected chi connectivity index (χ4v) is 10.7. The molecule has 10 aromatic rings. The molecule has 12 rings (SSSR count). The van der Waals surface area contributed by atoms with Crippen LogP contribution in [0.5, 0.6) is 0 Å². The van der Waals surface area contributed by atoms with Crippen LogP contribution in [0.2, 0.25) is 0 Å². The van der Waals surface area contributed by atoms with Crippen molar-refractivity contribution in [3.05, 3.63) is 257 Å². The first-order valence-electron chi connectivity index (χ1n) is 25.4. The summed E-state index contributed by atoms with van der Waals surface area (Å²) in [6.45, 7) is 0. The molecule has 0 N–H and O–H groups in total. The van der Waals surface area contributed by atoms with Crippen molar-refractivity contribution in [1.29, 1.82) is 5.26 Å². The molecule has 2 aliphatic rings. The summed E-state index contributed by atoms with van der Waals surface area (Å²) in [6.07, 6.45) is 16.5. The number of hydrogen-bond donors (Lipinski definition) is 0. The quantitative estimate of drug-likeness (QED) is 0.108. The number of aromatic nitrogens is 3. The van der Waals surface area contributed by atoms with E-state index in [0.717, 1.165) is 119 Å². The van der Waals surface area contributed by atoms with Crippen molar-refractivity contribution in [2.24, 2.45) is 0 Å². The molecule has 3 heterocycles. The Hall–Kier alpha value is -7.87. The maximum absolute atomic E-state index is 9.39. The Morgan fingerprint density at radius 2 is 0.932 bits per heavy atom. The first-order valence-corrected chi connectivity index (χ1v) is 25.4. The zero-order valence-electron chi connectivity index (χ0n) is 40.6. The van der Waals surface area contributed by atoms with Crippen molar-refractivity contribution < 1.29 is 20.1 Å². The minimum atomic E-state index is 0. The van der Waals surface area contributed by atoms with Crippen LogP contribution in [0.1, 0.15) is 62.9 Å². The molecule has 0 saturated carbocycles. The summed E-state index contributed by atoms with van der Waals surface area (Å²) in [5.41, 5.74) is 26.4. The van der Waals surface area contributed by atoms with Crippen molar-refractivity contribution in [3.63, 3.8) is 0 Å². The van der Waals surface area contributed by atoms with Crippen molar-refractivity contribution in [2.75, 3.05) is 0 Å². The smallest absolute Gasteiger partial charge is 0.305 e. The number of benzene rings is 7. The Morgan fingerprint density at radius 1 is 0.397 bits per heavy atom. The van der Waals surface area contributed by atoms with Crippen molar-refractivity contribution >= 4 is 0 Å². The first kappa shape index (κ1) is 47.5. The maximum atomic E-state index is 9.39. The third kappa shape index (κ3) is 10.4. The van der Waals surface area contributed by atoms with Crippen LogP contribution in [0.4, 0.5) is 0 Å². The van der Waals surface area contributed by atoms with E-state index in [4.69, 9.17) is 15.0 Å². The van der Waals surface area contributed by atoms with Crippen molar-refractivity contribution in [3.8, 4) is 84.3 Å². The van der Waals surface area contributed by atoms with Gasteiger partial charge in [-0.1, -0.05) is 144 Å². The van der Waals surface area contributed by atoms with Gasteiger partial charge in [-0.2, -0.15) is 5.26 Å². The second kappa shape index (κ2) is 21.5.